The van der Waals surface area contributed by atoms with Gasteiger partial charge in [0.25, 0.3) is 0 Å². The summed E-state index contributed by atoms with van der Waals surface area (Å²) in [6, 6.07) is 17.4. The zero-order valence-electron chi connectivity index (χ0n) is 19.8. The highest BCUT2D eigenvalue weighted by Gasteiger charge is 2.34. The zero-order valence-corrected chi connectivity index (χ0v) is 19.8. The van der Waals surface area contributed by atoms with Crippen molar-refractivity contribution >= 4 is 5.78 Å². The van der Waals surface area contributed by atoms with Crippen LogP contribution in [0.3, 0.4) is 0 Å². The van der Waals surface area contributed by atoms with Crippen LogP contribution in [0, 0.1) is 0 Å². The molecule has 0 aliphatic carbocycles. The van der Waals surface area contributed by atoms with Gasteiger partial charge in [-0.1, -0.05) is 54.6 Å². The molecule has 0 amide bonds. The maximum absolute atomic E-state index is 13.1. The number of allylic oxidation sites excluding steroid dienone is 1. The summed E-state index contributed by atoms with van der Waals surface area (Å²) in [6.45, 7) is 12.7. The van der Waals surface area contributed by atoms with Crippen molar-refractivity contribution in [2.75, 3.05) is 32.7 Å². The Hall–Kier alpha value is -3.19. The van der Waals surface area contributed by atoms with E-state index in [1.165, 1.54) is 6.08 Å². The molecule has 3 rings (SSSR count). The minimum Gasteiger partial charge on any atom is -0.472 e. The van der Waals surface area contributed by atoms with Crippen molar-refractivity contribution in [3.05, 3.63) is 103 Å². The number of carbonyl (C=O) groups is 1. The van der Waals surface area contributed by atoms with Gasteiger partial charge in [0, 0.05) is 45.0 Å². The van der Waals surface area contributed by atoms with E-state index in [4.69, 9.17) is 4.74 Å². The first-order chi connectivity index (χ1) is 16.5. The summed E-state index contributed by atoms with van der Waals surface area (Å²) in [5.74, 6) is 0.283. The maximum atomic E-state index is 13.1. The van der Waals surface area contributed by atoms with E-state index >= 15 is 0 Å². The van der Waals surface area contributed by atoms with Crippen molar-refractivity contribution in [3.63, 3.8) is 0 Å². The molecule has 3 atom stereocenters. The van der Waals surface area contributed by atoms with Gasteiger partial charge < -0.3 is 20.1 Å². The summed E-state index contributed by atoms with van der Waals surface area (Å²) >= 11 is 0. The molecule has 2 aromatic rings. The predicted molar refractivity (Wildman–Crippen MR) is 137 cm³/mol. The number of nitrogens with one attached hydrogen (secondary N) is 1. The van der Waals surface area contributed by atoms with E-state index in [-0.39, 0.29) is 11.8 Å². The summed E-state index contributed by atoms with van der Waals surface area (Å²) in [6.07, 6.45) is 5.46. The van der Waals surface area contributed by atoms with Crippen molar-refractivity contribution in [1.29, 1.82) is 0 Å². The second-order valence-corrected chi connectivity index (χ2v) is 8.32. The van der Waals surface area contributed by atoms with Crippen LogP contribution in [0.15, 0.2) is 92.2 Å². The SMILES string of the molecule is C=CCN(C=CC(=O)c1ccccc1OC(C(C)O)N1CCNCC1c1ccccc1)CC=C. The molecule has 1 aliphatic heterocycles. The Bertz CT molecular complexity index is 964. The van der Waals surface area contributed by atoms with Gasteiger partial charge in [-0.05, 0) is 24.6 Å². The van der Waals surface area contributed by atoms with Gasteiger partial charge in [-0.15, -0.1) is 13.2 Å². The normalized spacial score (nSPS) is 18.2. The van der Waals surface area contributed by atoms with E-state index in [2.05, 4.69) is 35.5 Å². The third-order valence-electron chi connectivity index (χ3n) is 5.77. The number of benzene rings is 2. The number of hydrogen-bond acceptors (Lipinski definition) is 6. The molecule has 3 unspecified atom stereocenters. The minimum absolute atomic E-state index is 0.0451. The molecule has 1 fully saturated rings. The van der Waals surface area contributed by atoms with E-state index in [0.717, 1.165) is 18.7 Å². The van der Waals surface area contributed by atoms with E-state index in [1.807, 2.05) is 35.2 Å². The highest BCUT2D eigenvalue weighted by atomic mass is 16.5. The first-order valence-corrected chi connectivity index (χ1v) is 11.7. The molecule has 1 saturated heterocycles. The maximum Gasteiger partial charge on any atom is 0.191 e. The summed E-state index contributed by atoms with van der Waals surface area (Å²) in [5.41, 5.74) is 1.61. The van der Waals surface area contributed by atoms with Gasteiger partial charge in [0.2, 0.25) is 0 Å². The molecule has 0 radical (unpaired) electrons. The van der Waals surface area contributed by atoms with Crippen molar-refractivity contribution in [1.82, 2.24) is 15.1 Å². The molecule has 0 aromatic heterocycles. The van der Waals surface area contributed by atoms with Gasteiger partial charge in [0.05, 0.1) is 11.6 Å². The average Bonchev–Trinajstić information content (AvgIpc) is 2.86. The second kappa shape index (κ2) is 12.9. The number of para-hydroxylation sites is 1. The zero-order chi connectivity index (χ0) is 24.3. The molecule has 0 spiro atoms. The molecule has 2 aromatic carbocycles. The van der Waals surface area contributed by atoms with Crippen LogP contribution in [0.4, 0.5) is 0 Å². The Kier molecular flexibility index (Phi) is 9.64. The monoisotopic (exact) mass is 461 g/mol. The molecule has 1 aliphatic rings. The fourth-order valence-corrected chi connectivity index (χ4v) is 4.15. The smallest absolute Gasteiger partial charge is 0.191 e. The van der Waals surface area contributed by atoms with Crippen molar-refractivity contribution in [2.45, 2.75) is 25.3 Å². The van der Waals surface area contributed by atoms with Gasteiger partial charge >= 0.3 is 0 Å². The number of ether oxygens (including phenoxy) is 1. The molecule has 0 saturated carbocycles. The van der Waals surface area contributed by atoms with Gasteiger partial charge in [0.15, 0.2) is 12.0 Å². The topological polar surface area (TPSA) is 65.0 Å². The fraction of sp³-hybridized carbons (Fsp3) is 0.321. The predicted octanol–water partition coefficient (Wildman–Crippen LogP) is 3.79. The van der Waals surface area contributed by atoms with Gasteiger partial charge in [-0.25, -0.2) is 0 Å². The van der Waals surface area contributed by atoms with Crippen LogP contribution < -0.4 is 10.1 Å². The molecule has 1 heterocycles. The number of aliphatic hydroxyl groups is 1. The number of aliphatic hydroxyl groups excluding tert-OH is 1. The highest BCUT2D eigenvalue weighted by Crippen LogP contribution is 2.29. The van der Waals surface area contributed by atoms with Crippen molar-refractivity contribution < 1.29 is 14.6 Å². The van der Waals surface area contributed by atoms with E-state index < -0.39 is 12.3 Å². The van der Waals surface area contributed by atoms with Crippen LogP contribution in [0.2, 0.25) is 0 Å². The van der Waals surface area contributed by atoms with Crippen molar-refractivity contribution in [3.8, 4) is 5.75 Å². The molecule has 6 heteroatoms. The Morgan fingerprint density at radius 1 is 1.18 bits per heavy atom. The van der Waals surface area contributed by atoms with Crippen LogP contribution in [-0.2, 0) is 0 Å². The lowest BCUT2D eigenvalue weighted by molar-refractivity contribution is -0.0849. The molecular weight excluding hydrogens is 426 g/mol. The lowest BCUT2D eigenvalue weighted by Crippen LogP contribution is -2.55. The van der Waals surface area contributed by atoms with Gasteiger partial charge in [-0.3, -0.25) is 9.69 Å². The third kappa shape index (κ3) is 6.67. The standard InChI is InChI=1S/C28H35N3O3/c1-4-17-30(18-5-2)19-15-26(33)24-13-9-10-14-27(24)34-28(22(3)32)31-20-16-29-21-25(31)23-11-7-6-8-12-23/h4-15,19,22,25,28-29,32H,1-2,16-18,20-21H2,3H3. The number of carbonyl (C=O) groups excluding carboxylic acids is 1. The number of ketones is 1. The Labute approximate surface area is 202 Å². The minimum atomic E-state index is -0.765. The Balaban J connectivity index is 1.84. The Morgan fingerprint density at radius 3 is 2.53 bits per heavy atom. The summed E-state index contributed by atoms with van der Waals surface area (Å²) in [7, 11) is 0. The van der Waals surface area contributed by atoms with E-state index in [1.54, 1.807) is 37.4 Å². The first-order valence-electron chi connectivity index (χ1n) is 11.7. The van der Waals surface area contributed by atoms with Gasteiger partial charge in [0.1, 0.15) is 11.9 Å². The molecule has 180 valence electrons. The third-order valence-corrected chi connectivity index (χ3v) is 5.77. The quantitative estimate of drug-likeness (QED) is 0.285. The second-order valence-electron chi connectivity index (χ2n) is 8.32. The Morgan fingerprint density at radius 2 is 1.85 bits per heavy atom. The lowest BCUT2D eigenvalue weighted by Gasteiger charge is -2.42. The van der Waals surface area contributed by atoms with Crippen LogP contribution >= 0.6 is 0 Å². The molecule has 2 N–H and O–H groups in total. The van der Waals surface area contributed by atoms with Crippen LogP contribution in [0.25, 0.3) is 0 Å². The first kappa shape index (κ1) is 25.4. The number of nitrogens with zero attached hydrogens (tertiary/aromatic N) is 2. The largest absolute Gasteiger partial charge is 0.472 e. The average molecular weight is 462 g/mol. The fourth-order valence-electron chi connectivity index (χ4n) is 4.15. The highest BCUT2D eigenvalue weighted by molar-refractivity contribution is 6.06. The van der Waals surface area contributed by atoms with Gasteiger partial charge in [-0.2, -0.15) is 0 Å². The summed E-state index contributed by atoms with van der Waals surface area (Å²) < 4.78 is 6.37. The molecule has 0 bridgehead atoms. The van der Waals surface area contributed by atoms with Crippen LogP contribution in [0.1, 0.15) is 28.9 Å². The number of rotatable bonds is 12. The molecule has 34 heavy (non-hydrogen) atoms. The van der Waals surface area contributed by atoms with Crippen LogP contribution in [-0.4, -0.2) is 65.7 Å². The number of piperazine rings is 1. The number of hydrogen-bond donors (Lipinski definition) is 2. The van der Waals surface area contributed by atoms with Crippen LogP contribution in [0.5, 0.6) is 5.75 Å². The van der Waals surface area contributed by atoms with Crippen molar-refractivity contribution in [2.24, 2.45) is 0 Å². The lowest BCUT2D eigenvalue weighted by atomic mass is 10.0. The molecule has 6 nitrogen and oxygen atoms in total. The van der Waals surface area contributed by atoms with E-state index in [0.29, 0.717) is 30.9 Å². The molecular formula is C28H35N3O3. The van der Waals surface area contributed by atoms with E-state index in [9.17, 15) is 9.90 Å². The summed E-state index contributed by atoms with van der Waals surface area (Å²) in [5, 5.41) is 14.1. The summed E-state index contributed by atoms with van der Waals surface area (Å²) in [4.78, 5) is 17.2.